The molecule has 1 aromatic heterocycles. The van der Waals surface area contributed by atoms with Crippen LogP contribution < -0.4 is 0 Å². The van der Waals surface area contributed by atoms with Gasteiger partial charge in [-0.25, -0.2) is 9.97 Å². The van der Waals surface area contributed by atoms with Crippen LogP contribution in [0.1, 0.15) is 18.2 Å². The number of alkyl halides is 3. The van der Waals surface area contributed by atoms with E-state index in [1.807, 2.05) is 6.92 Å². The minimum absolute atomic E-state index is 0.204. The molecular formula is C13H10ClF3N2. The fourth-order valence-electron chi connectivity index (χ4n) is 1.61. The van der Waals surface area contributed by atoms with Gasteiger partial charge in [-0.1, -0.05) is 30.7 Å². The number of aryl methyl sites for hydroxylation is 1. The third-order valence-corrected chi connectivity index (χ3v) is 2.75. The average Bonchev–Trinajstić information content (AvgIpc) is 2.37. The molecule has 0 saturated carbocycles. The number of nitrogens with zero attached hydrogens (tertiary/aromatic N) is 2. The largest absolute Gasteiger partial charge is 0.416 e. The van der Waals surface area contributed by atoms with Crippen molar-refractivity contribution < 1.29 is 13.2 Å². The van der Waals surface area contributed by atoms with Crippen molar-refractivity contribution in [2.24, 2.45) is 0 Å². The van der Waals surface area contributed by atoms with Crippen LogP contribution in [0.25, 0.3) is 11.4 Å². The van der Waals surface area contributed by atoms with Gasteiger partial charge in [-0.2, -0.15) is 13.2 Å². The minimum Gasteiger partial charge on any atom is -0.233 e. The molecule has 0 spiro atoms. The molecule has 0 aliphatic heterocycles. The first kappa shape index (κ1) is 13.8. The summed E-state index contributed by atoms with van der Waals surface area (Å²) in [5, 5.41) is 0.222. The lowest BCUT2D eigenvalue weighted by molar-refractivity contribution is -0.137. The molecule has 0 saturated heterocycles. The molecule has 19 heavy (non-hydrogen) atoms. The first-order chi connectivity index (χ1) is 8.90. The van der Waals surface area contributed by atoms with Gasteiger partial charge in [-0.05, 0) is 24.6 Å². The fraction of sp³-hybridized carbons (Fsp3) is 0.231. The highest BCUT2D eigenvalue weighted by Gasteiger charge is 2.30. The number of aromatic nitrogens is 2. The molecule has 6 heteroatoms. The number of hydrogen-bond donors (Lipinski definition) is 0. The third kappa shape index (κ3) is 3.23. The van der Waals surface area contributed by atoms with E-state index in [0.717, 1.165) is 12.1 Å². The van der Waals surface area contributed by atoms with Crippen molar-refractivity contribution in [3.05, 3.63) is 46.7 Å². The second-order valence-corrected chi connectivity index (χ2v) is 4.32. The van der Waals surface area contributed by atoms with Crippen LogP contribution in [0.2, 0.25) is 5.15 Å². The fourth-order valence-corrected chi connectivity index (χ4v) is 1.82. The quantitative estimate of drug-likeness (QED) is 0.766. The lowest BCUT2D eigenvalue weighted by Crippen LogP contribution is -2.05. The van der Waals surface area contributed by atoms with E-state index < -0.39 is 11.7 Å². The molecule has 2 nitrogen and oxygen atoms in total. The van der Waals surface area contributed by atoms with Gasteiger partial charge in [0.15, 0.2) is 5.82 Å². The Bertz CT molecular complexity index is 597. The molecule has 0 amide bonds. The average molecular weight is 287 g/mol. The summed E-state index contributed by atoms with van der Waals surface area (Å²) in [6.45, 7) is 1.88. The van der Waals surface area contributed by atoms with Crippen LogP contribution in [0.4, 0.5) is 13.2 Å². The topological polar surface area (TPSA) is 25.8 Å². The number of rotatable bonds is 2. The van der Waals surface area contributed by atoms with Gasteiger partial charge in [-0.15, -0.1) is 0 Å². The molecule has 2 aromatic rings. The van der Waals surface area contributed by atoms with Gasteiger partial charge in [0.2, 0.25) is 0 Å². The van der Waals surface area contributed by atoms with E-state index >= 15 is 0 Å². The van der Waals surface area contributed by atoms with E-state index in [1.54, 1.807) is 6.07 Å². The number of halogens is 4. The Labute approximate surface area is 113 Å². The second-order valence-electron chi connectivity index (χ2n) is 3.94. The van der Waals surface area contributed by atoms with Gasteiger partial charge in [0.1, 0.15) is 5.15 Å². The number of benzene rings is 1. The highest BCUT2D eigenvalue weighted by atomic mass is 35.5. The maximum atomic E-state index is 12.6. The molecule has 0 unspecified atom stereocenters. The first-order valence-electron chi connectivity index (χ1n) is 5.61. The molecule has 0 aliphatic rings. The molecule has 0 bridgehead atoms. The van der Waals surface area contributed by atoms with Gasteiger partial charge < -0.3 is 0 Å². The van der Waals surface area contributed by atoms with Crippen molar-refractivity contribution in [2.45, 2.75) is 19.5 Å². The van der Waals surface area contributed by atoms with Gasteiger partial charge in [0.25, 0.3) is 0 Å². The van der Waals surface area contributed by atoms with Crippen LogP contribution in [0.3, 0.4) is 0 Å². The molecule has 0 N–H and O–H groups in total. The zero-order chi connectivity index (χ0) is 14.0. The standard InChI is InChI=1S/C13H10ClF3N2/c1-2-10-7-11(14)19-12(18-10)8-4-3-5-9(6-8)13(15,16)17/h3-7H,2H2,1H3. The zero-order valence-electron chi connectivity index (χ0n) is 10.0. The van der Waals surface area contributed by atoms with E-state index in [0.29, 0.717) is 17.7 Å². The molecule has 2 rings (SSSR count). The highest BCUT2D eigenvalue weighted by molar-refractivity contribution is 6.29. The molecule has 0 fully saturated rings. The summed E-state index contributed by atoms with van der Waals surface area (Å²) in [4.78, 5) is 8.14. The van der Waals surface area contributed by atoms with E-state index in [2.05, 4.69) is 9.97 Å². The van der Waals surface area contributed by atoms with Crippen LogP contribution in [-0.4, -0.2) is 9.97 Å². The van der Waals surface area contributed by atoms with Crippen LogP contribution in [-0.2, 0) is 12.6 Å². The number of hydrogen-bond acceptors (Lipinski definition) is 2. The Morgan fingerprint density at radius 2 is 1.89 bits per heavy atom. The molecule has 1 heterocycles. The van der Waals surface area contributed by atoms with Crippen LogP contribution in [0.5, 0.6) is 0 Å². The van der Waals surface area contributed by atoms with Crippen molar-refractivity contribution in [2.75, 3.05) is 0 Å². The van der Waals surface area contributed by atoms with E-state index in [9.17, 15) is 13.2 Å². The van der Waals surface area contributed by atoms with Crippen molar-refractivity contribution >= 4 is 11.6 Å². The van der Waals surface area contributed by atoms with Crippen molar-refractivity contribution in [3.8, 4) is 11.4 Å². The Kier molecular flexibility index (Phi) is 3.75. The summed E-state index contributed by atoms with van der Waals surface area (Å²) in [6, 6.07) is 6.48. The molecule has 0 atom stereocenters. The summed E-state index contributed by atoms with van der Waals surface area (Å²) in [5.74, 6) is 0.204. The first-order valence-corrected chi connectivity index (χ1v) is 5.99. The van der Waals surface area contributed by atoms with Crippen LogP contribution >= 0.6 is 11.6 Å². The predicted octanol–water partition coefficient (Wildman–Crippen LogP) is 4.38. The maximum Gasteiger partial charge on any atom is 0.416 e. The van der Waals surface area contributed by atoms with Crippen molar-refractivity contribution in [1.82, 2.24) is 9.97 Å². The lowest BCUT2D eigenvalue weighted by Gasteiger charge is -2.08. The SMILES string of the molecule is CCc1cc(Cl)nc(-c2cccc(C(F)(F)F)c2)n1. The Morgan fingerprint density at radius 1 is 1.16 bits per heavy atom. The van der Waals surface area contributed by atoms with Gasteiger partial charge >= 0.3 is 6.18 Å². The molecule has 1 aromatic carbocycles. The molecule has 0 radical (unpaired) electrons. The summed E-state index contributed by atoms with van der Waals surface area (Å²) in [7, 11) is 0. The maximum absolute atomic E-state index is 12.6. The smallest absolute Gasteiger partial charge is 0.233 e. The van der Waals surface area contributed by atoms with Gasteiger partial charge in [0.05, 0.1) is 5.56 Å². The lowest BCUT2D eigenvalue weighted by atomic mass is 10.1. The zero-order valence-corrected chi connectivity index (χ0v) is 10.8. The van der Waals surface area contributed by atoms with E-state index in [1.165, 1.54) is 12.1 Å². The van der Waals surface area contributed by atoms with Gasteiger partial charge in [-0.3, -0.25) is 0 Å². The predicted molar refractivity (Wildman–Crippen MR) is 66.9 cm³/mol. The molecular weight excluding hydrogens is 277 g/mol. The minimum atomic E-state index is -4.39. The van der Waals surface area contributed by atoms with Gasteiger partial charge in [0, 0.05) is 11.3 Å². The molecule has 0 aliphatic carbocycles. The Morgan fingerprint density at radius 3 is 2.53 bits per heavy atom. The van der Waals surface area contributed by atoms with E-state index in [-0.39, 0.29) is 11.0 Å². The summed E-state index contributed by atoms with van der Waals surface area (Å²) >= 11 is 5.84. The monoisotopic (exact) mass is 286 g/mol. The highest BCUT2D eigenvalue weighted by Crippen LogP contribution is 2.31. The van der Waals surface area contributed by atoms with Crippen molar-refractivity contribution in [1.29, 1.82) is 0 Å². The summed E-state index contributed by atoms with van der Waals surface area (Å²) < 4.78 is 37.9. The van der Waals surface area contributed by atoms with Crippen LogP contribution in [0, 0.1) is 0 Å². The third-order valence-electron chi connectivity index (χ3n) is 2.56. The van der Waals surface area contributed by atoms with E-state index in [4.69, 9.17) is 11.6 Å². The van der Waals surface area contributed by atoms with Crippen LogP contribution in [0.15, 0.2) is 30.3 Å². The second kappa shape index (κ2) is 5.17. The normalized spacial score (nSPS) is 11.6. The van der Waals surface area contributed by atoms with Crippen molar-refractivity contribution in [3.63, 3.8) is 0 Å². The molecule has 100 valence electrons. The summed E-state index contributed by atoms with van der Waals surface area (Å²) in [6.07, 6.45) is -3.75. The Balaban J connectivity index is 2.50. The summed E-state index contributed by atoms with van der Waals surface area (Å²) in [5.41, 5.74) is 0.256. The Hall–Kier alpha value is -1.62.